The average Bonchev–Trinajstić information content (AvgIpc) is 2.10. The Labute approximate surface area is 103 Å². The lowest BCUT2D eigenvalue weighted by molar-refractivity contribution is -0.175. The van der Waals surface area contributed by atoms with E-state index in [0.717, 1.165) is 0 Å². The van der Waals surface area contributed by atoms with Crippen molar-refractivity contribution in [2.45, 2.75) is 26.1 Å². The first kappa shape index (κ1) is 16.1. The highest BCUT2D eigenvalue weighted by atomic mass is 32.1. The summed E-state index contributed by atoms with van der Waals surface area (Å²) >= 11 is 4.73. The Morgan fingerprint density at radius 3 is 2.35 bits per heavy atom. The van der Waals surface area contributed by atoms with Gasteiger partial charge in [0.25, 0.3) is 0 Å². The van der Waals surface area contributed by atoms with Crippen molar-refractivity contribution in [1.82, 2.24) is 5.32 Å². The first-order chi connectivity index (χ1) is 7.63. The van der Waals surface area contributed by atoms with Gasteiger partial charge in [0.05, 0.1) is 11.0 Å². The highest BCUT2D eigenvalue weighted by molar-refractivity contribution is 7.80. The molecule has 100 valence electrons. The van der Waals surface area contributed by atoms with Crippen LogP contribution in [-0.2, 0) is 9.53 Å². The minimum atomic E-state index is -4.44. The molecule has 0 saturated carbocycles. The van der Waals surface area contributed by atoms with E-state index in [1.54, 1.807) is 13.8 Å². The fourth-order valence-electron chi connectivity index (χ4n) is 1.04. The molecular formula is C9H15F3N2O2S. The SMILES string of the molecule is CC(C)C(NC(=O)COCC(F)(F)F)C(N)=S. The summed E-state index contributed by atoms with van der Waals surface area (Å²) in [5.41, 5.74) is 5.38. The van der Waals surface area contributed by atoms with E-state index in [1.807, 2.05) is 0 Å². The highest BCUT2D eigenvalue weighted by Gasteiger charge is 2.28. The average molecular weight is 272 g/mol. The number of rotatable bonds is 6. The largest absolute Gasteiger partial charge is 0.411 e. The molecule has 0 bridgehead atoms. The van der Waals surface area contributed by atoms with Gasteiger partial charge in [0.15, 0.2) is 0 Å². The fourth-order valence-corrected chi connectivity index (χ4v) is 1.37. The third-order valence-corrected chi connectivity index (χ3v) is 2.04. The zero-order chi connectivity index (χ0) is 13.6. The van der Waals surface area contributed by atoms with Crippen molar-refractivity contribution in [1.29, 1.82) is 0 Å². The van der Waals surface area contributed by atoms with Crippen LogP contribution < -0.4 is 11.1 Å². The molecule has 1 atom stereocenters. The molecule has 0 heterocycles. The second kappa shape index (κ2) is 6.75. The Bertz CT molecular complexity index is 282. The summed E-state index contributed by atoms with van der Waals surface area (Å²) in [5, 5.41) is 2.40. The molecule has 0 aromatic carbocycles. The van der Waals surface area contributed by atoms with E-state index >= 15 is 0 Å². The van der Waals surface area contributed by atoms with Crippen molar-refractivity contribution in [3.8, 4) is 0 Å². The Kier molecular flexibility index (Phi) is 6.40. The molecular weight excluding hydrogens is 257 g/mol. The monoisotopic (exact) mass is 272 g/mol. The molecule has 0 rings (SSSR count). The van der Waals surface area contributed by atoms with Crippen LogP contribution in [0.4, 0.5) is 13.2 Å². The van der Waals surface area contributed by atoms with Crippen molar-refractivity contribution < 1.29 is 22.7 Å². The minimum Gasteiger partial charge on any atom is -0.392 e. The molecule has 0 aromatic rings. The van der Waals surface area contributed by atoms with Gasteiger partial charge in [-0.15, -0.1) is 0 Å². The standard InChI is InChI=1S/C9H15F3N2O2S/c1-5(2)7(8(13)17)14-6(15)3-16-4-9(10,11)12/h5,7H,3-4H2,1-2H3,(H2,13,17)(H,14,15). The van der Waals surface area contributed by atoms with Gasteiger partial charge in [-0.25, -0.2) is 0 Å². The van der Waals surface area contributed by atoms with Crippen LogP contribution in [0.25, 0.3) is 0 Å². The van der Waals surface area contributed by atoms with Gasteiger partial charge in [-0.1, -0.05) is 26.1 Å². The summed E-state index contributed by atoms with van der Waals surface area (Å²) in [4.78, 5) is 11.3. The van der Waals surface area contributed by atoms with Crippen molar-refractivity contribution in [3.05, 3.63) is 0 Å². The number of ether oxygens (including phenoxy) is 1. The maximum Gasteiger partial charge on any atom is 0.411 e. The third-order valence-electron chi connectivity index (χ3n) is 1.79. The van der Waals surface area contributed by atoms with Crippen LogP contribution in [0.15, 0.2) is 0 Å². The number of nitrogens with one attached hydrogen (secondary N) is 1. The summed E-state index contributed by atoms with van der Waals surface area (Å²) in [6, 6.07) is -0.549. The quantitative estimate of drug-likeness (QED) is 0.708. The predicted molar refractivity (Wildman–Crippen MR) is 60.4 cm³/mol. The Morgan fingerprint density at radius 2 is 2.00 bits per heavy atom. The number of carbonyl (C=O) groups excluding carboxylic acids is 1. The Morgan fingerprint density at radius 1 is 1.47 bits per heavy atom. The highest BCUT2D eigenvalue weighted by Crippen LogP contribution is 2.14. The maximum absolute atomic E-state index is 11.7. The van der Waals surface area contributed by atoms with E-state index in [2.05, 4.69) is 10.1 Å². The molecule has 0 saturated heterocycles. The number of hydrogen-bond acceptors (Lipinski definition) is 3. The maximum atomic E-state index is 11.7. The number of nitrogens with two attached hydrogens (primary N) is 1. The third kappa shape index (κ3) is 7.92. The van der Waals surface area contributed by atoms with Crippen LogP contribution in [-0.4, -0.2) is 36.3 Å². The van der Waals surface area contributed by atoms with E-state index in [1.165, 1.54) is 0 Å². The van der Waals surface area contributed by atoms with E-state index in [4.69, 9.17) is 18.0 Å². The van der Waals surface area contributed by atoms with Crippen LogP contribution in [0.3, 0.4) is 0 Å². The second-order valence-corrected chi connectivity index (χ2v) is 4.27. The topological polar surface area (TPSA) is 64.3 Å². The number of amides is 1. The second-order valence-electron chi connectivity index (χ2n) is 3.80. The number of halogens is 3. The number of alkyl halides is 3. The van der Waals surface area contributed by atoms with Crippen LogP contribution in [0.2, 0.25) is 0 Å². The van der Waals surface area contributed by atoms with Gasteiger partial charge in [0.1, 0.15) is 13.2 Å². The van der Waals surface area contributed by atoms with Crippen LogP contribution >= 0.6 is 12.2 Å². The fraction of sp³-hybridized carbons (Fsp3) is 0.778. The van der Waals surface area contributed by atoms with Gasteiger partial charge in [-0.05, 0) is 5.92 Å². The summed E-state index contributed by atoms with van der Waals surface area (Å²) in [7, 11) is 0. The molecule has 17 heavy (non-hydrogen) atoms. The Hall–Kier alpha value is -0.890. The smallest absolute Gasteiger partial charge is 0.392 e. The number of thiocarbonyl (C=S) groups is 1. The first-order valence-corrected chi connectivity index (χ1v) is 5.27. The molecule has 0 spiro atoms. The van der Waals surface area contributed by atoms with Crippen molar-refractivity contribution in [3.63, 3.8) is 0 Å². The molecule has 0 fully saturated rings. The molecule has 0 aromatic heterocycles. The van der Waals surface area contributed by atoms with Gasteiger partial charge >= 0.3 is 6.18 Å². The normalized spacial score (nSPS) is 13.5. The molecule has 8 heteroatoms. The van der Waals surface area contributed by atoms with Crippen LogP contribution in [0, 0.1) is 5.92 Å². The lowest BCUT2D eigenvalue weighted by Gasteiger charge is -2.21. The lowest BCUT2D eigenvalue weighted by Crippen LogP contribution is -2.48. The molecule has 1 amide bonds. The van der Waals surface area contributed by atoms with E-state index in [-0.39, 0.29) is 10.9 Å². The number of hydrogen-bond donors (Lipinski definition) is 2. The molecule has 3 N–H and O–H groups in total. The van der Waals surface area contributed by atoms with Gasteiger partial charge in [-0.3, -0.25) is 4.79 Å². The molecule has 0 aliphatic carbocycles. The van der Waals surface area contributed by atoms with E-state index in [0.29, 0.717) is 0 Å². The van der Waals surface area contributed by atoms with Crippen molar-refractivity contribution in [2.75, 3.05) is 13.2 Å². The summed E-state index contributed by atoms with van der Waals surface area (Å²) in [6.45, 7) is 1.42. The summed E-state index contributed by atoms with van der Waals surface area (Å²) in [5.74, 6) is -0.722. The van der Waals surface area contributed by atoms with Gasteiger partial charge in [0.2, 0.25) is 5.91 Å². The van der Waals surface area contributed by atoms with Gasteiger partial charge in [0, 0.05) is 0 Å². The Balaban J connectivity index is 4.04. The summed E-state index contributed by atoms with van der Waals surface area (Å²) in [6.07, 6.45) is -4.44. The van der Waals surface area contributed by atoms with Crippen molar-refractivity contribution >= 4 is 23.1 Å². The lowest BCUT2D eigenvalue weighted by atomic mass is 10.0. The van der Waals surface area contributed by atoms with Crippen molar-refractivity contribution in [2.24, 2.45) is 11.7 Å². The minimum absolute atomic E-state index is 0.0425. The number of carbonyl (C=O) groups is 1. The van der Waals surface area contributed by atoms with Crippen LogP contribution in [0.5, 0.6) is 0 Å². The van der Waals surface area contributed by atoms with E-state index < -0.39 is 31.3 Å². The van der Waals surface area contributed by atoms with E-state index in [9.17, 15) is 18.0 Å². The molecule has 1 unspecified atom stereocenters. The first-order valence-electron chi connectivity index (χ1n) is 4.86. The predicted octanol–water partition coefficient (Wildman–Crippen LogP) is 0.992. The molecule has 4 nitrogen and oxygen atoms in total. The van der Waals surface area contributed by atoms with Gasteiger partial charge in [-0.2, -0.15) is 13.2 Å². The molecule has 0 radical (unpaired) electrons. The van der Waals surface area contributed by atoms with Crippen LogP contribution in [0.1, 0.15) is 13.8 Å². The summed E-state index contributed by atoms with van der Waals surface area (Å²) < 4.78 is 39.4. The zero-order valence-corrected chi connectivity index (χ0v) is 10.3. The molecule has 0 aliphatic rings. The molecule has 0 aliphatic heterocycles. The van der Waals surface area contributed by atoms with Gasteiger partial charge < -0.3 is 15.8 Å². The zero-order valence-electron chi connectivity index (χ0n) is 9.50.